The molecule has 0 aliphatic rings. The van der Waals surface area contributed by atoms with Gasteiger partial charge in [-0.05, 0) is 86.9 Å². The van der Waals surface area contributed by atoms with E-state index >= 15 is 0 Å². The Morgan fingerprint density at radius 3 is 0.887 bits per heavy atom. The van der Waals surface area contributed by atoms with E-state index < -0.39 is 15.5 Å². The van der Waals surface area contributed by atoms with E-state index in [4.69, 9.17) is 9.05 Å². The fourth-order valence-corrected chi connectivity index (χ4v) is 13.9. The van der Waals surface area contributed by atoms with Crippen LogP contribution in [0.15, 0.2) is 0 Å². The Morgan fingerprint density at radius 2 is 0.642 bits per heavy atom. The minimum Gasteiger partial charge on any atom is -0.119 e. The second-order valence-electron chi connectivity index (χ2n) is 19.9. The van der Waals surface area contributed by atoms with Gasteiger partial charge >= 0.3 is 8.25 Å². The Morgan fingerprint density at radius 1 is 0.415 bits per heavy atom. The minimum absolute atomic E-state index is 0.274. The van der Waals surface area contributed by atoms with Gasteiger partial charge in [0.25, 0.3) is 0 Å². The van der Waals surface area contributed by atoms with Crippen LogP contribution in [0.5, 0.6) is 0 Å². The average molecular weight is 789 g/mol. The summed E-state index contributed by atoms with van der Waals surface area (Å²) in [5.41, 5.74) is 0.549. The highest BCUT2D eigenvalue weighted by Crippen LogP contribution is 2.61. The Bertz CT molecular complexity index is 712. The maximum absolute atomic E-state index is 11.7. The van der Waals surface area contributed by atoms with E-state index in [1.54, 1.807) is 50.3 Å². The predicted octanol–water partition coefficient (Wildman–Crippen LogP) is 18.3. The van der Waals surface area contributed by atoms with Crippen molar-refractivity contribution in [3.63, 3.8) is 0 Å². The summed E-state index contributed by atoms with van der Waals surface area (Å²) >= 11 is 0. The third-order valence-electron chi connectivity index (χ3n) is 10.8. The highest BCUT2D eigenvalue weighted by molar-refractivity contribution is 7.75. The van der Waals surface area contributed by atoms with Gasteiger partial charge in [0, 0.05) is 11.8 Å². The molecular formula is C48H102O3P2+2. The van der Waals surface area contributed by atoms with Crippen LogP contribution in [0, 0.1) is 22.7 Å². The lowest BCUT2D eigenvalue weighted by Crippen LogP contribution is -2.15. The zero-order chi connectivity index (χ0) is 40.3. The van der Waals surface area contributed by atoms with Crippen molar-refractivity contribution in [1.29, 1.82) is 0 Å². The molecular weight excluding hydrogens is 686 g/mol. The normalized spacial score (nSPS) is 13.8. The summed E-state index contributed by atoms with van der Waals surface area (Å²) in [5.74, 6) is 0.786. The fourth-order valence-electron chi connectivity index (χ4n) is 8.20. The van der Waals surface area contributed by atoms with Gasteiger partial charge in [-0.1, -0.05) is 186 Å². The molecule has 0 saturated carbocycles. The lowest BCUT2D eigenvalue weighted by molar-refractivity contribution is 0.155. The highest BCUT2D eigenvalue weighted by atomic mass is 31.2. The molecule has 0 aromatic carbocycles. The van der Waals surface area contributed by atoms with Gasteiger partial charge in [0.15, 0.2) is 0 Å². The van der Waals surface area contributed by atoms with Gasteiger partial charge in [-0.15, -0.1) is 9.05 Å². The third kappa shape index (κ3) is 41.9. The van der Waals surface area contributed by atoms with Crippen molar-refractivity contribution in [3.05, 3.63) is 0 Å². The molecule has 320 valence electrons. The first-order valence-electron chi connectivity index (χ1n) is 23.7. The molecule has 0 rings (SSSR count). The van der Waals surface area contributed by atoms with Gasteiger partial charge in [-0.25, -0.2) is 0 Å². The molecule has 0 N–H and O–H groups in total. The average Bonchev–Trinajstić information content (AvgIpc) is 3.08. The zero-order valence-corrected chi connectivity index (χ0v) is 40.7. The first-order valence-corrected chi connectivity index (χ1v) is 27.3. The summed E-state index contributed by atoms with van der Waals surface area (Å²) in [6, 6.07) is 0. The van der Waals surface area contributed by atoms with Gasteiger partial charge in [0.1, 0.15) is 13.2 Å². The van der Waals surface area contributed by atoms with Gasteiger partial charge in [-0.2, -0.15) is 0 Å². The van der Waals surface area contributed by atoms with Crippen molar-refractivity contribution in [2.75, 3.05) is 37.9 Å². The standard InChI is InChI=1S/C32H68P.C16H34O3P/c1-5-9-13-17-18-19-20-21-22-23-24-28-32-33(29-25-14-10-6-2,30-26-15-11-7-3)31-27-16-12-8-4;1-13(9-15(3,4)5)11-18-20(17)19-12-14(2)10-16(6,7)8/h5-32H2,1-4H3;13-14H,9-12H2,1-8H3/q2*+1. The molecule has 0 amide bonds. The van der Waals surface area contributed by atoms with Crippen molar-refractivity contribution in [1.82, 2.24) is 0 Å². The number of unbranched alkanes of at least 4 members (excludes halogenated alkanes) is 20. The van der Waals surface area contributed by atoms with Gasteiger partial charge < -0.3 is 0 Å². The number of hydrogen-bond acceptors (Lipinski definition) is 3. The van der Waals surface area contributed by atoms with Crippen LogP contribution in [-0.4, -0.2) is 37.9 Å². The van der Waals surface area contributed by atoms with Gasteiger partial charge in [-0.3, -0.25) is 0 Å². The molecule has 0 saturated heterocycles. The Labute approximate surface area is 338 Å². The Kier molecular flexibility index (Phi) is 38.5. The lowest BCUT2D eigenvalue weighted by Gasteiger charge is -2.28. The van der Waals surface area contributed by atoms with Crippen LogP contribution in [0.2, 0.25) is 0 Å². The van der Waals surface area contributed by atoms with Crippen molar-refractivity contribution >= 4 is 15.5 Å². The van der Waals surface area contributed by atoms with E-state index in [0.29, 0.717) is 25.0 Å². The van der Waals surface area contributed by atoms with E-state index in [0.717, 1.165) is 12.8 Å². The molecule has 0 heterocycles. The number of hydrogen-bond donors (Lipinski definition) is 0. The van der Waals surface area contributed by atoms with Gasteiger partial charge in [0.05, 0.1) is 24.6 Å². The Hall–Kier alpha value is 0.450. The molecule has 0 bridgehead atoms. The second kappa shape index (κ2) is 36.8. The molecule has 5 heteroatoms. The minimum atomic E-state index is -1.98. The molecule has 0 aliphatic carbocycles. The smallest absolute Gasteiger partial charge is 0.119 e. The summed E-state index contributed by atoms with van der Waals surface area (Å²) < 4.78 is 22.3. The second-order valence-corrected chi connectivity index (χ2v) is 25.3. The maximum atomic E-state index is 11.7. The molecule has 3 nitrogen and oxygen atoms in total. The summed E-state index contributed by atoms with van der Waals surface area (Å²) in [7, 11) is -2.68. The predicted molar refractivity (Wildman–Crippen MR) is 246 cm³/mol. The van der Waals surface area contributed by atoms with Crippen LogP contribution in [0.4, 0.5) is 0 Å². The fraction of sp³-hybridized carbons (Fsp3) is 1.00. The molecule has 0 aliphatic heterocycles. The molecule has 0 aromatic rings. The molecule has 2 atom stereocenters. The Balaban J connectivity index is 0. The monoisotopic (exact) mass is 789 g/mol. The van der Waals surface area contributed by atoms with Crippen LogP contribution in [0.25, 0.3) is 0 Å². The molecule has 2 unspecified atom stereocenters. The van der Waals surface area contributed by atoms with Crippen LogP contribution >= 0.6 is 15.5 Å². The van der Waals surface area contributed by atoms with Gasteiger partial charge in [0.2, 0.25) is 0 Å². The molecule has 0 fully saturated rings. The summed E-state index contributed by atoms with van der Waals surface area (Å²) in [5, 5.41) is 0. The van der Waals surface area contributed by atoms with E-state index in [9.17, 15) is 4.57 Å². The topological polar surface area (TPSA) is 35.5 Å². The summed E-state index contributed by atoms with van der Waals surface area (Å²) in [6.45, 7) is 27.9. The van der Waals surface area contributed by atoms with Crippen LogP contribution in [-0.2, 0) is 13.6 Å². The molecule has 0 spiro atoms. The molecule has 53 heavy (non-hydrogen) atoms. The van der Waals surface area contributed by atoms with Crippen molar-refractivity contribution in [2.45, 2.75) is 250 Å². The molecule has 0 radical (unpaired) electrons. The SMILES string of the molecule is CC(CO[P+](=O)OCC(C)CC(C)(C)C)CC(C)(C)C.CCCCCCCCCCCCCC[P+](CCCCCC)(CCCCCC)CCCCCC. The first-order chi connectivity index (χ1) is 25.1. The lowest BCUT2D eigenvalue weighted by atomic mass is 9.86. The van der Waals surface area contributed by atoms with Crippen LogP contribution in [0.3, 0.4) is 0 Å². The molecule has 0 aromatic heterocycles. The van der Waals surface area contributed by atoms with Crippen LogP contribution < -0.4 is 0 Å². The quantitative estimate of drug-likeness (QED) is 0.0469. The number of rotatable bonds is 36. The van der Waals surface area contributed by atoms with Crippen LogP contribution in [0.1, 0.15) is 250 Å². The summed E-state index contributed by atoms with van der Waals surface area (Å²) in [4.78, 5) is 0. The van der Waals surface area contributed by atoms with E-state index in [1.165, 1.54) is 128 Å². The van der Waals surface area contributed by atoms with E-state index in [-0.39, 0.29) is 10.8 Å². The van der Waals surface area contributed by atoms with E-state index in [2.05, 4.69) is 83.1 Å². The highest BCUT2D eigenvalue weighted by Gasteiger charge is 2.35. The van der Waals surface area contributed by atoms with E-state index in [1.807, 2.05) is 0 Å². The summed E-state index contributed by atoms with van der Waals surface area (Å²) in [6.07, 6.45) is 44.2. The third-order valence-corrected chi connectivity index (χ3v) is 16.6. The van der Waals surface area contributed by atoms with Crippen molar-refractivity contribution in [2.24, 2.45) is 22.7 Å². The maximum Gasteiger partial charge on any atom is 0.697 e. The largest absolute Gasteiger partial charge is 0.697 e. The van der Waals surface area contributed by atoms with Crippen molar-refractivity contribution in [3.8, 4) is 0 Å². The first kappa shape index (κ1) is 55.5. The van der Waals surface area contributed by atoms with Crippen molar-refractivity contribution < 1.29 is 13.6 Å². The zero-order valence-electron chi connectivity index (χ0n) is 38.9.